The SMILES string of the molecule is NC(=O)Nc1cc(NCS(=O)(=O)O)ccc1/N=N/c1cc(Nc2cc(F)nc(F)n2)ccc1S(=O)(=O)O. The minimum Gasteiger partial charge on any atom is -0.370 e. The molecule has 3 rings (SSSR count). The van der Waals surface area contributed by atoms with Crippen molar-refractivity contribution in [2.24, 2.45) is 16.0 Å². The highest BCUT2D eigenvalue weighted by atomic mass is 32.2. The molecule has 3 aromatic rings. The van der Waals surface area contributed by atoms with Crippen molar-refractivity contribution in [3.8, 4) is 0 Å². The van der Waals surface area contributed by atoms with Gasteiger partial charge in [-0.1, -0.05) is 0 Å². The van der Waals surface area contributed by atoms with Gasteiger partial charge in [0.05, 0.1) is 5.69 Å². The van der Waals surface area contributed by atoms with E-state index in [1.165, 1.54) is 18.2 Å². The van der Waals surface area contributed by atoms with Crippen LogP contribution in [0.2, 0.25) is 0 Å². The van der Waals surface area contributed by atoms with Gasteiger partial charge in [-0.05, 0) is 36.4 Å². The second-order valence-electron chi connectivity index (χ2n) is 6.95. The van der Waals surface area contributed by atoms with Crippen LogP contribution in [-0.2, 0) is 20.2 Å². The van der Waals surface area contributed by atoms with Gasteiger partial charge in [0.1, 0.15) is 28.0 Å². The number of anilines is 4. The molecular weight excluding hydrogens is 542 g/mol. The van der Waals surface area contributed by atoms with Crippen LogP contribution in [0.3, 0.4) is 0 Å². The molecule has 0 atom stereocenters. The largest absolute Gasteiger partial charge is 0.370 e. The highest BCUT2D eigenvalue weighted by Crippen LogP contribution is 2.34. The third kappa shape index (κ3) is 8.10. The Hall–Kier alpha value is -4.33. The Morgan fingerprint density at radius 3 is 2.24 bits per heavy atom. The van der Waals surface area contributed by atoms with Crippen LogP contribution >= 0.6 is 0 Å². The molecule has 2 amide bonds. The summed E-state index contributed by atoms with van der Waals surface area (Å²) in [6.45, 7) is 0. The van der Waals surface area contributed by atoms with Gasteiger partial charge in [-0.15, -0.1) is 10.2 Å². The number of azo groups is 1. The Balaban J connectivity index is 2.00. The van der Waals surface area contributed by atoms with E-state index >= 15 is 0 Å². The van der Waals surface area contributed by atoms with E-state index < -0.39 is 54.8 Å². The van der Waals surface area contributed by atoms with Crippen LogP contribution in [0.4, 0.5) is 47.8 Å². The number of hydrogen-bond donors (Lipinski definition) is 6. The lowest BCUT2D eigenvalue weighted by molar-refractivity contribution is 0.259. The molecule has 0 bridgehead atoms. The molecule has 0 aliphatic rings. The van der Waals surface area contributed by atoms with Gasteiger partial charge in [-0.25, -0.2) is 4.79 Å². The third-order valence-electron chi connectivity index (χ3n) is 4.16. The molecule has 37 heavy (non-hydrogen) atoms. The molecule has 0 saturated carbocycles. The maximum Gasteiger partial charge on any atom is 0.316 e. The third-order valence-corrected chi connectivity index (χ3v) is 5.57. The number of carbonyl (C=O) groups is 1. The summed E-state index contributed by atoms with van der Waals surface area (Å²) in [5, 5.41) is 14.7. The summed E-state index contributed by atoms with van der Waals surface area (Å²) in [4.78, 5) is 16.9. The van der Waals surface area contributed by atoms with Gasteiger partial charge in [-0.3, -0.25) is 9.11 Å². The fourth-order valence-electron chi connectivity index (χ4n) is 2.74. The summed E-state index contributed by atoms with van der Waals surface area (Å²) >= 11 is 0. The van der Waals surface area contributed by atoms with Crippen molar-refractivity contribution in [2.45, 2.75) is 4.90 Å². The molecule has 0 spiro atoms. The number of nitrogens with one attached hydrogen (secondary N) is 3. The maximum atomic E-state index is 13.3. The first-order chi connectivity index (χ1) is 17.2. The van der Waals surface area contributed by atoms with Crippen molar-refractivity contribution in [2.75, 3.05) is 21.8 Å². The molecule has 15 nitrogen and oxygen atoms in total. The molecule has 1 heterocycles. The van der Waals surface area contributed by atoms with Gasteiger partial charge in [0.2, 0.25) is 5.95 Å². The first-order valence-electron chi connectivity index (χ1n) is 9.59. The van der Waals surface area contributed by atoms with Crippen molar-refractivity contribution in [1.82, 2.24) is 9.97 Å². The van der Waals surface area contributed by atoms with E-state index in [1.807, 2.05) is 0 Å². The van der Waals surface area contributed by atoms with Gasteiger partial charge in [-0.2, -0.15) is 35.6 Å². The van der Waals surface area contributed by atoms with Crippen LogP contribution in [0, 0.1) is 12.0 Å². The van der Waals surface area contributed by atoms with Crippen molar-refractivity contribution >= 4 is 60.5 Å². The van der Waals surface area contributed by atoms with Crippen molar-refractivity contribution in [3.63, 3.8) is 0 Å². The van der Waals surface area contributed by atoms with E-state index in [2.05, 4.69) is 36.1 Å². The number of rotatable bonds is 9. The predicted molar refractivity (Wildman–Crippen MR) is 125 cm³/mol. The van der Waals surface area contributed by atoms with E-state index in [1.54, 1.807) is 0 Å². The monoisotopic (exact) mass is 558 g/mol. The molecule has 0 aliphatic heterocycles. The number of primary amides is 1. The summed E-state index contributed by atoms with van der Waals surface area (Å²) in [5.74, 6) is -2.33. The second-order valence-corrected chi connectivity index (χ2v) is 9.79. The molecule has 0 unspecified atom stereocenters. The van der Waals surface area contributed by atoms with E-state index in [0.717, 1.165) is 24.3 Å². The molecule has 2 aromatic carbocycles. The minimum atomic E-state index is -4.81. The smallest absolute Gasteiger partial charge is 0.316 e. The maximum absolute atomic E-state index is 13.3. The number of benzene rings is 2. The quantitative estimate of drug-likeness (QED) is 0.0965. The Morgan fingerprint density at radius 1 is 0.946 bits per heavy atom. The Kier molecular flexibility index (Phi) is 7.91. The number of nitrogens with two attached hydrogens (primary N) is 1. The van der Waals surface area contributed by atoms with Crippen LogP contribution in [0.15, 0.2) is 57.6 Å². The number of nitrogens with zero attached hydrogens (tertiary/aromatic N) is 4. The Morgan fingerprint density at radius 2 is 1.62 bits per heavy atom. The zero-order valence-electron chi connectivity index (χ0n) is 18.1. The van der Waals surface area contributed by atoms with Crippen molar-refractivity contribution in [1.29, 1.82) is 0 Å². The van der Waals surface area contributed by atoms with E-state index in [0.29, 0.717) is 0 Å². The standard InChI is InChI=1S/C18H16F2N8O7S2/c19-15-7-16(26-17(20)25-15)23-10-2-4-14(37(33,34)35)13(6-10)28-27-11-3-1-9(22-8-36(30,31)32)5-12(11)24-18(21)29/h1-7,22H,8H2,(H3,21,24,29)(H,23,25,26)(H,30,31,32)(H,33,34,35)/b28-27+. The predicted octanol–water partition coefficient (Wildman–Crippen LogP) is 2.91. The Bertz CT molecular complexity index is 1580. The lowest BCUT2D eigenvalue weighted by atomic mass is 10.2. The molecule has 0 radical (unpaired) electrons. The van der Waals surface area contributed by atoms with Crippen LogP contribution in [0.5, 0.6) is 0 Å². The van der Waals surface area contributed by atoms with Crippen molar-refractivity contribution in [3.05, 3.63) is 54.5 Å². The number of carbonyl (C=O) groups excluding carboxylic acids is 1. The van der Waals surface area contributed by atoms with E-state index in [4.69, 9.17) is 10.3 Å². The first kappa shape index (κ1) is 27.3. The zero-order chi connectivity index (χ0) is 27.4. The van der Waals surface area contributed by atoms with Crippen LogP contribution < -0.4 is 21.7 Å². The lowest BCUT2D eigenvalue weighted by Crippen LogP contribution is -2.19. The summed E-state index contributed by atoms with van der Waals surface area (Å²) in [6, 6.07) is 6.62. The van der Waals surface area contributed by atoms with E-state index in [9.17, 15) is 35.0 Å². The van der Waals surface area contributed by atoms with Crippen LogP contribution in [0.25, 0.3) is 0 Å². The number of amides is 2. The number of halogens is 2. The minimum absolute atomic E-state index is 0.0408. The van der Waals surface area contributed by atoms with Gasteiger partial charge < -0.3 is 21.7 Å². The summed E-state index contributed by atoms with van der Waals surface area (Å²) in [7, 11) is -9.17. The number of aromatic nitrogens is 2. The fraction of sp³-hybridized carbons (Fsp3) is 0.0556. The zero-order valence-corrected chi connectivity index (χ0v) is 19.8. The average molecular weight is 559 g/mol. The molecule has 0 fully saturated rings. The molecule has 0 saturated heterocycles. The molecule has 19 heteroatoms. The summed E-state index contributed by atoms with van der Waals surface area (Å²) in [5.41, 5.74) is 4.68. The molecule has 0 aliphatic carbocycles. The van der Waals surface area contributed by atoms with Crippen LogP contribution in [-0.4, -0.2) is 47.8 Å². The second kappa shape index (κ2) is 10.7. The molecular formula is C18H16F2N8O7S2. The lowest BCUT2D eigenvalue weighted by Gasteiger charge is -2.10. The first-order valence-corrected chi connectivity index (χ1v) is 12.6. The molecule has 7 N–H and O–H groups in total. The van der Waals surface area contributed by atoms with E-state index in [-0.39, 0.29) is 28.6 Å². The fourth-order valence-corrected chi connectivity index (χ4v) is 3.69. The summed E-state index contributed by atoms with van der Waals surface area (Å²) in [6.07, 6.45) is -1.36. The molecule has 1 aromatic heterocycles. The van der Waals surface area contributed by atoms with Crippen LogP contribution in [0.1, 0.15) is 0 Å². The average Bonchev–Trinajstić information content (AvgIpc) is 2.75. The van der Waals surface area contributed by atoms with Crippen molar-refractivity contribution < 1.29 is 39.5 Å². The van der Waals surface area contributed by atoms with Gasteiger partial charge >= 0.3 is 12.1 Å². The number of hydrogen-bond acceptors (Lipinski definition) is 11. The normalized spacial score (nSPS) is 11.9. The summed E-state index contributed by atoms with van der Waals surface area (Å²) < 4.78 is 90.5. The highest BCUT2D eigenvalue weighted by molar-refractivity contribution is 7.86. The van der Waals surface area contributed by atoms with Gasteiger partial charge in [0, 0.05) is 17.4 Å². The van der Waals surface area contributed by atoms with Gasteiger partial charge in [0.25, 0.3) is 20.2 Å². The number of urea groups is 1. The van der Waals surface area contributed by atoms with Gasteiger partial charge in [0.15, 0.2) is 0 Å². The molecule has 196 valence electrons. The Labute approximate surface area is 207 Å². The highest BCUT2D eigenvalue weighted by Gasteiger charge is 2.17. The topological polar surface area (TPSA) is 238 Å².